The molecule has 0 radical (unpaired) electrons. The van der Waals surface area contributed by atoms with E-state index in [9.17, 15) is 5.11 Å². The summed E-state index contributed by atoms with van der Waals surface area (Å²) in [7, 11) is 1.82. The molecule has 0 aliphatic rings. The Morgan fingerprint density at radius 3 is 2.67 bits per heavy atom. The summed E-state index contributed by atoms with van der Waals surface area (Å²) in [6.45, 7) is 3.87. The molecule has 2 N–H and O–H groups in total. The Kier molecular flexibility index (Phi) is 2.55. The molecule has 0 aliphatic heterocycles. The number of furan rings is 1. The maximum Gasteiger partial charge on any atom is 0.0996 e. The smallest absolute Gasteiger partial charge is 0.0996 e. The molecule has 1 aromatic heterocycles. The van der Waals surface area contributed by atoms with E-state index in [0.717, 1.165) is 5.56 Å². The van der Waals surface area contributed by atoms with Gasteiger partial charge < -0.3 is 14.8 Å². The van der Waals surface area contributed by atoms with E-state index in [1.807, 2.05) is 20.9 Å². The van der Waals surface area contributed by atoms with Crippen LogP contribution in [0.15, 0.2) is 23.0 Å². The first-order valence-electron chi connectivity index (χ1n) is 3.97. The van der Waals surface area contributed by atoms with Crippen LogP contribution in [0.25, 0.3) is 0 Å². The Morgan fingerprint density at radius 2 is 2.25 bits per heavy atom. The van der Waals surface area contributed by atoms with Crippen molar-refractivity contribution in [1.29, 1.82) is 0 Å². The molecular formula is C9H15NO2. The molecule has 1 unspecified atom stereocenters. The van der Waals surface area contributed by atoms with Crippen molar-refractivity contribution >= 4 is 0 Å². The Hall–Kier alpha value is -0.800. The number of aliphatic hydroxyl groups excluding tert-OH is 1. The molecule has 3 heteroatoms. The molecule has 0 amide bonds. The van der Waals surface area contributed by atoms with Crippen molar-refractivity contribution in [3.63, 3.8) is 0 Å². The second-order valence-corrected chi connectivity index (χ2v) is 3.43. The van der Waals surface area contributed by atoms with Crippen molar-refractivity contribution in [2.24, 2.45) is 0 Å². The molecule has 0 fully saturated rings. The van der Waals surface area contributed by atoms with Crippen molar-refractivity contribution < 1.29 is 9.52 Å². The van der Waals surface area contributed by atoms with Gasteiger partial charge in [-0.1, -0.05) is 0 Å². The van der Waals surface area contributed by atoms with Gasteiger partial charge in [0.15, 0.2) is 0 Å². The number of nitrogens with one attached hydrogen (secondary N) is 1. The quantitative estimate of drug-likeness (QED) is 0.717. The molecule has 1 rings (SSSR count). The van der Waals surface area contributed by atoms with Crippen LogP contribution in [0.2, 0.25) is 0 Å². The summed E-state index contributed by atoms with van der Waals surface area (Å²) in [4.78, 5) is 0. The van der Waals surface area contributed by atoms with Crippen molar-refractivity contribution in [3.05, 3.63) is 24.2 Å². The SMILES string of the molecule is CNC(C)(C)C(O)c1ccoc1. The number of likely N-dealkylation sites (N-methyl/N-ethyl adjacent to an activating group) is 1. The molecule has 1 heterocycles. The summed E-state index contributed by atoms with van der Waals surface area (Å²) >= 11 is 0. The fourth-order valence-corrected chi connectivity index (χ4v) is 0.984. The van der Waals surface area contributed by atoms with Crippen molar-refractivity contribution in [1.82, 2.24) is 5.32 Å². The highest BCUT2D eigenvalue weighted by molar-refractivity contribution is 5.13. The highest BCUT2D eigenvalue weighted by atomic mass is 16.3. The van der Waals surface area contributed by atoms with Gasteiger partial charge >= 0.3 is 0 Å². The highest BCUT2D eigenvalue weighted by Gasteiger charge is 2.27. The summed E-state index contributed by atoms with van der Waals surface area (Å²) in [5.74, 6) is 0. The Balaban J connectivity index is 2.78. The lowest BCUT2D eigenvalue weighted by Gasteiger charge is -2.29. The van der Waals surface area contributed by atoms with Gasteiger partial charge in [0.2, 0.25) is 0 Å². The number of hydrogen-bond acceptors (Lipinski definition) is 3. The van der Waals surface area contributed by atoms with Gasteiger partial charge in [0.1, 0.15) is 0 Å². The predicted molar refractivity (Wildman–Crippen MR) is 46.8 cm³/mol. The summed E-state index contributed by atoms with van der Waals surface area (Å²) < 4.78 is 4.89. The maximum absolute atomic E-state index is 9.81. The third kappa shape index (κ3) is 1.68. The number of aliphatic hydroxyl groups is 1. The third-order valence-electron chi connectivity index (χ3n) is 2.19. The van der Waals surface area contributed by atoms with Crippen LogP contribution in [-0.4, -0.2) is 17.7 Å². The average molecular weight is 169 g/mol. The normalized spacial score (nSPS) is 14.7. The van der Waals surface area contributed by atoms with E-state index in [4.69, 9.17) is 4.42 Å². The lowest BCUT2D eigenvalue weighted by Crippen LogP contribution is -2.42. The first-order chi connectivity index (χ1) is 5.58. The molecule has 0 saturated carbocycles. The maximum atomic E-state index is 9.81. The van der Waals surface area contributed by atoms with Gasteiger partial charge in [-0.05, 0) is 27.0 Å². The second-order valence-electron chi connectivity index (χ2n) is 3.43. The van der Waals surface area contributed by atoms with Crippen molar-refractivity contribution in [2.45, 2.75) is 25.5 Å². The zero-order valence-corrected chi connectivity index (χ0v) is 7.66. The molecular weight excluding hydrogens is 154 g/mol. The molecule has 1 aromatic rings. The fourth-order valence-electron chi connectivity index (χ4n) is 0.984. The lowest BCUT2D eigenvalue weighted by molar-refractivity contribution is 0.0849. The van der Waals surface area contributed by atoms with Gasteiger partial charge in [-0.3, -0.25) is 0 Å². The second kappa shape index (κ2) is 3.29. The van der Waals surface area contributed by atoms with Gasteiger partial charge in [0.05, 0.1) is 18.6 Å². The van der Waals surface area contributed by atoms with Crippen LogP contribution in [0.4, 0.5) is 0 Å². The molecule has 3 nitrogen and oxygen atoms in total. The van der Waals surface area contributed by atoms with Gasteiger partial charge in [0.25, 0.3) is 0 Å². The molecule has 0 spiro atoms. The number of hydrogen-bond donors (Lipinski definition) is 2. The minimum Gasteiger partial charge on any atom is -0.472 e. The van der Waals surface area contributed by atoms with E-state index >= 15 is 0 Å². The molecule has 68 valence electrons. The molecule has 0 bridgehead atoms. The van der Waals surface area contributed by atoms with Crippen LogP contribution in [0.1, 0.15) is 25.5 Å². The molecule has 0 saturated heterocycles. The van der Waals surface area contributed by atoms with Crippen LogP contribution in [0.3, 0.4) is 0 Å². The molecule has 0 aromatic carbocycles. The zero-order chi connectivity index (χ0) is 9.19. The molecule has 0 aliphatic carbocycles. The minimum atomic E-state index is -0.541. The van der Waals surface area contributed by atoms with Crippen LogP contribution in [0.5, 0.6) is 0 Å². The lowest BCUT2D eigenvalue weighted by atomic mass is 9.93. The van der Waals surface area contributed by atoms with Crippen LogP contribution in [-0.2, 0) is 0 Å². The average Bonchev–Trinajstić information content (AvgIpc) is 2.55. The van der Waals surface area contributed by atoms with Gasteiger partial charge in [-0.25, -0.2) is 0 Å². The Labute approximate surface area is 72.4 Å². The van der Waals surface area contributed by atoms with Gasteiger partial charge in [-0.15, -0.1) is 0 Å². The summed E-state index contributed by atoms with van der Waals surface area (Å²) in [6.07, 6.45) is 2.58. The predicted octanol–water partition coefficient (Wildman–Crippen LogP) is 1.31. The standard InChI is InChI=1S/C9H15NO2/c1-9(2,10-3)8(11)7-4-5-12-6-7/h4-6,8,10-11H,1-3H3. The van der Waals surface area contributed by atoms with E-state index in [-0.39, 0.29) is 5.54 Å². The fraction of sp³-hybridized carbons (Fsp3) is 0.556. The Morgan fingerprint density at radius 1 is 1.58 bits per heavy atom. The van der Waals surface area contributed by atoms with E-state index in [1.165, 1.54) is 0 Å². The minimum absolute atomic E-state index is 0.329. The van der Waals surface area contributed by atoms with Crippen molar-refractivity contribution in [3.8, 4) is 0 Å². The summed E-state index contributed by atoms with van der Waals surface area (Å²) in [6, 6.07) is 1.77. The summed E-state index contributed by atoms with van der Waals surface area (Å²) in [5.41, 5.74) is 0.471. The van der Waals surface area contributed by atoms with E-state index in [1.54, 1.807) is 18.6 Å². The molecule has 12 heavy (non-hydrogen) atoms. The van der Waals surface area contributed by atoms with E-state index < -0.39 is 6.10 Å². The summed E-state index contributed by atoms with van der Waals surface area (Å²) in [5, 5.41) is 12.9. The largest absolute Gasteiger partial charge is 0.472 e. The van der Waals surface area contributed by atoms with Crippen LogP contribution < -0.4 is 5.32 Å². The number of rotatable bonds is 3. The van der Waals surface area contributed by atoms with E-state index in [0.29, 0.717) is 0 Å². The van der Waals surface area contributed by atoms with Gasteiger partial charge in [0, 0.05) is 11.1 Å². The first kappa shape index (κ1) is 9.29. The van der Waals surface area contributed by atoms with Crippen LogP contribution >= 0.6 is 0 Å². The Bertz CT molecular complexity index is 229. The topological polar surface area (TPSA) is 45.4 Å². The monoisotopic (exact) mass is 169 g/mol. The van der Waals surface area contributed by atoms with Gasteiger partial charge in [-0.2, -0.15) is 0 Å². The van der Waals surface area contributed by atoms with E-state index in [2.05, 4.69) is 5.32 Å². The zero-order valence-electron chi connectivity index (χ0n) is 7.66. The highest BCUT2D eigenvalue weighted by Crippen LogP contribution is 2.24. The van der Waals surface area contributed by atoms with Crippen LogP contribution in [0, 0.1) is 0 Å². The van der Waals surface area contributed by atoms with Crippen molar-refractivity contribution in [2.75, 3.05) is 7.05 Å². The molecule has 1 atom stereocenters. The third-order valence-corrected chi connectivity index (χ3v) is 2.19. The first-order valence-corrected chi connectivity index (χ1v) is 3.97.